The molecule has 2 aromatic rings. The van der Waals surface area contributed by atoms with Crippen LogP contribution in [0.3, 0.4) is 0 Å². The van der Waals surface area contributed by atoms with E-state index in [9.17, 15) is 0 Å². The lowest BCUT2D eigenvalue weighted by Gasteiger charge is -2.29. The summed E-state index contributed by atoms with van der Waals surface area (Å²) >= 11 is 0. The van der Waals surface area contributed by atoms with Gasteiger partial charge in [-0.2, -0.15) is 0 Å². The van der Waals surface area contributed by atoms with Gasteiger partial charge in [0.25, 0.3) is 0 Å². The summed E-state index contributed by atoms with van der Waals surface area (Å²) in [7, 11) is 0. The van der Waals surface area contributed by atoms with Crippen molar-refractivity contribution in [2.75, 3.05) is 0 Å². The van der Waals surface area contributed by atoms with E-state index in [4.69, 9.17) is 0 Å². The van der Waals surface area contributed by atoms with Gasteiger partial charge >= 0.3 is 0 Å². The van der Waals surface area contributed by atoms with Crippen LogP contribution in [0, 0.1) is 5.92 Å². The molecule has 0 amide bonds. The zero-order valence-electron chi connectivity index (χ0n) is 19.8. The standard InChI is InChI=1S/C28H46N2/c1-3-5-7-8-9-10-11-12-17-20-27(24-26-18-15-13-16-19-26)28(21-14-6-4-2)30-23-22-29-25-30/h13,15-16,18-19,22-23,25,27-28H,3-12,14,17,20-21,24H2,1-2H3. The van der Waals surface area contributed by atoms with Crippen LogP contribution < -0.4 is 0 Å². The molecule has 0 radical (unpaired) electrons. The van der Waals surface area contributed by atoms with Crippen LogP contribution in [0.2, 0.25) is 0 Å². The van der Waals surface area contributed by atoms with Crippen molar-refractivity contribution in [2.45, 2.75) is 116 Å². The summed E-state index contributed by atoms with van der Waals surface area (Å²) in [6.45, 7) is 4.60. The van der Waals surface area contributed by atoms with Gasteiger partial charge in [0, 0.05) is 18.4 Å². The van der Waals surface area contributed by atoms with Gasteiger partial charge in [0.05, 0.1) is 6.33 Å². The lowest BCUT2D eigenvalue weighted by atomic mass is 9.84. The molecule has 0 N–H and O–H groups in total. The molecular formula is C28H46N2. The molecule has 2 atom stereocenters. The van der Waals surface area contributed by atoms with Crippen LogP contribution in [0.4, 0.5) is 0 Å². The molecule has 0 saturated heterocycles. The zero-order chi connectivity index (χ0) is 21.3. The summed E-state index contributed by atoms with van der Waals surface area (Å²) in [6, 6.07) is 11.7. The number of hydrogen-bond acceptors (Lipinski definition) is 1. The molecule has 1 heterocycles. The second kappa shape index (κ2) is 16.2. The first-order valence-electron chi connectivity index (χ1n) is 12.9. The SMILES string of the molecule is CCCCCCCCCCCC(Cc1ccccc1)C(CCCCC)n1ccnc1. The van der Waals surface area contributed by atoms with Gasteiger partial charge in [-0.3, -0.25) is 0 Å². The highest BCUT2D eigenvalue weighted by molar-refractivity contribution is 5.15. The summed E-state index contributed by atoms with van der Waals surface area (Å²) in [6.07, 6.45) is 26.6. The molecule has 0 bridgehead atoms. The molecule has 0 aliphatic carbocycles. The topological polar surface area (TPSA) is 17.8 Å². The minimum absolute atomic E-state index is 0.577. The summed E-state index contributed by atoms with van der Waals surface area (Å²) in [5.41, 5.74) is 1.49. The van der Waals surface area contributed by atoms with E-state index in [0.29, 0.717) is 12.0 Å². The van der Waals surface area contributed by atoms with Crippen molar-refractivity contribution in [3.05, 3.63) is 54.6 Å². The van der Waals surface area contributed by atoms with E-state index in [0.717, 1.165) is 0 Å². The normalized spacial score (nSPS) is 13.4. The van der Waals surface area contributed by atoms with Crippen LogP contribution in [0.5, 0.6) is 0 Å². The maximum Gasteiger partial charge on any atom is 0.0948 e. The van der Waals surface area contributed by atoms with Gasteiger partial charge in [-0.15, -0.1) is 0 Å². The highest BCUT2D eigenvalue weighted by Gasteiger charge is 2.22. The third kappa shape index (κ3) is 9.96. The minimum atomic E-state index is 0.577. The van der Waals surface area contributed by atoms with Crippen molar-refractivity contribution in [1.82, 2.24) is 9.55 Å². The largest absolute Gasteiger partial charge is 0.334 e. The van der Waals surface area contributed by atoms with Gasteiger partial charge in [-0.1, -0.05) is 121 Å². The first-order chi connectivity index (χ1) is 14.8. The van der Waals surface area contributed by atoms with E-state index in [1.165, 1.54) is 102 Å². The number of unbranched alkanes of at least 4 members (excludes halogenated alkanes) is 10. The molecular weight excluding hydrogens is 364 g/mol. The molecule has 30 heavy (non-hydrogen) atoms. The van der Waals surface area contributed by atoms with Gasteiger partial charge < -0.3 is 4.57 Å². The molecule has 2 nitrogen and oxygen atoms in total. The Bertz CT molecular complexity index is 605. The Morgan fingerprint density at radius 1 is 0.733 bits per heavy atom. The van der Waals surface area contributed by atoms with Crippen molar-refractivity contribution in [3.8, 4) is 0 Å². The number of benzene rings is 1. The minimum Gasteiger partial charge on any atom is -0.334 e. The van der Waals surface area contributed by atoms with Crippen LogP contribution in [0.15, 0.2) is 49.1 Å². The summed E-state index contributed by atoms with van der Waals surface area (Å²) in [5, 5.41) is 0. The monoisotopic (exact) mass is 410 g/mol. The highest BCUT2D eigenvalue weighted by atomic mass is 15.1. The Morgan fingerprint density at radius 3 is 1.97 bits per heavy atom. The molecule has 2 rings (SSSR count). The predicted octanol–water partition coefficient (Wildman–Crippen LogP) is 8.78. The van der Waals surface area contributed by atoms with Crippen LogP contribution >= 0.6 is 0 Å². The molecule has 0 saturated carbocycles. The second-order valence-corrected chi connectivity index (χ2v) is 9.14. The van der Waals surface area contributed by atoms with Gasteiger partial charge in [-0.05, 0) is 30.7 Å². The Labute approximate surface area is 186 Å². The Balaban J connectivity index is 1.88. The quantitative estimate of drug-likeness (QED) is 0.224. The second-order valence-electron chi connectivity index (χ2n) is 9.14. The van der Waals surface area contributed by atoms with Crippen LogP contribution in [0.25, 0.3) is 0 Å². The van der Waals surface area contributed by atoms with Gasteiger partial charge in [0.1, 0.15) is 0 Å². The number of hydrogen-bond donors (Lipinski definition) is 0. The van der Waals surface area contributed by atoms with Crippen molar-refractivity contribution in [2.24, 2.45) is 5.92 Å². The fourth-order valence-electron chi connectivity index (χ4n) is 4.76. The summed E-state index contributed by atoms with van der Waals surface area (Å²) < 4.78 is 2.40. The van der Waals surface area contributed by atoms with E-state index in [2.05, 4.69) is 59.9 Å². The van der Waals surface area contributed by atoms with Gasteiger partial charge in [-0.25, -0.2) is 4.98 Å². The Hall–Kier alpha value is -1.57. The zero-order valence-corrected chi connectivity index (χ0v) is 19.8. The number of imidazole rings is 1. The van der Waals surface area contributed by atoms with Gasteiger partial charge in [0.15, 0.2) is 0 Å². The average molecular weight is 411 g/mol. The smallest absolute Gasteiger partial charge is 0.0948 e. The molecule has 1 aromatic carbocycles. The van der Waals surface area contributed by atoms with Gasteiger partial charge in [0.2, 0.25) is 0 Å². The van der Waals surface area contributed by atoms with E-state index < -0.39 is 0 Å². The number of aromatic nitrogens is 2. The Kier molecular flexibility index (Phi) is 13.3. The maximum atomic E-state index is 4.38. The van der Waals surface area contributed by atoms with E-state index in [1.54, 1.807) is 0 Å². The lowest BCUT2D eigenvalue weighted by Crippen LogP contribution is -2.21. The summed E-state index contributed by atoms with van der Waals surface area (Å²) in [4.78, 5) is 4.38. The number of rotatable bonds is 18. The predicted molar refractivity (Wildman–Crippen MR) is 131 cm³/mol. The average Bonchev–Trinajstić information content (AvgIpc) is 3.30. The molecule has 0 aliphatic heterocycles. The van der Waals surface area contributed by atoms with Crippen molar-refractivity contribution < 1.29 is 0 Å². The molecule has 2 unspecified atom stereocenters. The molecule has 0 aliphatic rings. The molecule has 0 fully saturated rings. The van der Waals surface area contributed by atoms with Crippen molar-refractivity contribution in [3.63, 3.8) is 0 Å². The molecule has 2 heteroatoms. The first-order valence-corrected chi connectivity index (χ1v) is 12.9. The maximum absolute atomic E-state index is 4.38. The van der Waals surface area contributed by atoms with Crippen LogP contribution in [-0.4, -0.2) is 9.55 Å². The molecule has 1 aromatic heterocycles. The lowest BCUT2D eigenvalue weighted by molar-refractivity contribution is 0.276. The van der Waals surface area contributed by atoms with E-state index in [-0.39, 0.29) is 0 Å². The fraction of sp³-hybridized carbons (Fsp3) is 0.679. The van der Waals surface area contributed by atoms with E-state index >= 15 is 0 Å². The highest BCUT2D eigenvalue weighted by Crippen LogP contribution is 2.32. The van der Waals surface area contributed by atoms with Crippen LogP contribution in [0.1, 0.15) is 115 Å². The van der Waals surface area contributed by atoms with Crippen LogP contribution in [-0.2, 0) is 6.42 Å². The third-order valence-corrected chi connectivity index (χ3v) is 6.57. The number of nitrogens with zero attached hydrogens (tertiary/aromatic N) is 2. The third-order valence-electron chi connectivity index (χ3n) is 6.57. The molecule has 168 valence electrons. The van der Waals surface area contributed by atoms with Crippen molar-refractivity contribution >= 4 is 0 Å². The Morgan fingerprint density at radius 2 is 1.33 bits per heavy atom. The first kappa shape index (κ1) is 24.7. The van der Waals surface area contributed by atoms with E-state index in [1.807, 2.05) is 12.5 Å². The summed E-state index contributed by atoms with van der Waals surface area (Å²) in [5.74, 6) is 0.697. The fourth-order valence-corrected chi connectivity index (χ4v) is 4.76. The van der Waals surface area contributed by atoms with Crippen molar-refractivity contribution in [1.29, 1.82) is 0 Å². The molecule has 0 spiro atoms.